The molecule has 2 fully saturated rings. The van der Waals surface area contributed by atoms with E-state index in [1.54, 1.807) is 6.92 Å². The molecule has 16 heteroatoms. The van der Waals surface area contributed by atoms with Crippen LogP contribution in [-0.4, -0.2) is 59.3 Å². The molecule has 1 amide bonds. The van der Waals surface area contributed by atoms with Gasteiger partial charge in [0.05, 0.1) is 27.8 Å². The predicted octanol–water partition coefficient (Wildman–Crippen LogP) is 5.20. The summed E-state index contributed by atoms with van der Waals surface area (Å²) in [5, 5.41) is 28.0. The van der Waals surface area contributed by atoms with Crippen LogP contribution in [0.15, 0.2) is 18.2 Å². The molecule has 2 aliphatic rings. The number of nitrogens with zero attached hydrogens (tertiary/aromatic N) is 2. The van der Waals surface area contributed by atoms with Crippen molar-refractivity contribution in [2.75, 3.05) is 6.54 Å². The second-order valence-electron chi connectivity index (χ2n) is 10.7. The smallest absolute Gasteiger partial charge is 0.397 e. The fourth-order valence-corrected chi connectivity index (χ4v) is 5.46. The van der Waals surface area contributed by atoms with Crippen LogP contribution in [0.1, 0.15) is 74.5 Å². The molecule has 1 aromatic carbocycles. The number of amides is 1. The van der Waals surface area contributed by atoms with Gasteiger partial charge in [0.15, 0.2) is 5.69 Å². The van der Waals surface area contributed by atoms with E-state index in [9.17, 15) is 37.0 Å². The summed E-state index contributed by atoms with van der Waals surface area (Å²) in [6.45, 7) is 0.589. The summed E-state index contributed by atoms with van der Waals surface area (Å²) in [6, 6.07) is 3.33. The number of hydrogen-bond acceptors (Lipinski definition) is 7. The van der Waals surface area contributed by atoms with Crippen LogP contribution in [0, 0.1) is 11.3 Å². The van der Waals surface area contributed by atoms with Crippen LogP contribution in [0.25, 0.3) is 11.3 Å². The topological polar surface area (TPSA) is 131 Å². The summed E-state index contributed by atoms with van der Waals surface area (Å²) in [7, 11) is 0. The SMILES string of the molecule is CCn1nc(C(=O)NCC2(O)CCC(C)CC2)c(Cl)c1-c1ccc(C(O)C2(C(F)(F)F)CC2)cc1OC(F)F.O=S=O. The van der Waals surface area contributed by atoms with Crippen LogP contribution in [0.4, 0.5) is 22.0 Å². The van der Waals surface area contributed by atoms with Gasteiger partial charge in [0.2, 0.25) is 0 Å². The quantitative estimate of drug-likeness (QED) is 0.320. The summed E-state index contributed by atoms with van der Waals surface area (Å²) < 4.78 is 89.8. The number of aliphatic hydroxyl groups excluding tert-OH is 1. The lowest BCUT2D eigenvalue weighted by Crippen LogP contribution is -2.45. The fraction of sp³-hybridized carbons (Fsp3) is 0.615. The Bertz CT molecular complexity index is 1310. The average Bonchev–Trinajstić information content (AvgIpc) is 3.68. The van der Waals surface area contributed by atoms with Crippen LogP contribution < -0.4 is 10.1 Å². The number of rotatable bonds is 9. The van der Waals surface area contributed by atoms with Crippen molar-refractivity contribution < 1.29 is 50.1 Å². The number of halogens is 6. The number of carbonyl (C=O) groups excluding carboxylic acids is 1. The largest absolute Gasteiger partial charge is 0.434 e. The van der Waals surface area contributed by atoms with Crippen molar-refractivity contribution in [2.45, 2.75) is 83.4 Å². The predicted molar refractivity (Wildman–Crippen MR) is 141 cm³/mol. The number of nitrogens with one attached hydrogen (secondary N) is 1. The molecule has 2 aliphatic carbocycles. The molecule has 1 unspecified atom stereocenters. The molecule has 4 rings (SSSR count). The maximum absolute atomic E-state index is 13.5. The van der Waals surface area contributed by atoms with E-state index in [0.717, 1.165) is 18.9 Å². The molecule has 0 saturated heterocycles. The van der Waals surface area contributed by atoms with Crippen molar-refractivity contribution in [3.8, 4) is 17.0 Å². The zero-order chi connectivity index (χ0) is 31.5. The maximum Gasteiger partial charge on any atom is 0.397 e. The van der Waals surface area contributed by atoms with Gasteiger partial charge in [-0.3, -0.25) is 9.48 Å². The fourth-order valence-electron chi connectivity index (χ4n) is 5.14. The van der Waals surface area contributed by atoms with Crippen molar-refractivity contribution >= 4 is 29.1 Å². The molecular weight excluding hydrogens is 613 g/mol. The summed E-state index contributed by atoms with van der Waals surface area (Å²) in [4.78, 5) is 13.0. The van der Waals surface area contributed by atoms with Crippen molar-refractivity contribution in [3.63, 3.8) is 0 Å². The van der Waals surface area contributed by atoms with Gasteiger partial charge in [-0.1, -0.05) is 24.6 Å². The maximum atomic E-state index is 13.5. The van der Waals surface area contributed by atoms with Gasteiger partial charge in [-0.25, -0.2) is 0 Å². The molecule has 0 radical (unpaired) electrons. The standard InChI is InChI=1S/C26H31ClF5N3O4.O2S/c1-3-35-20(18(27)19(34-35)22(37)33-13-24(38)8-6-14(2)7-9-24)16-5-4-15(12-17(16)39-23(28)29)21(36)25(10-11-25)26(30,31)32;1-3-2/h4-5,12,14,21,23,36,38H,3,6-11,13H2,1-2H3,(H,33,37);. The molecule has 2 aromatic rings. The Morgan fingerprint density at radius 2 is 1.83 bits per heavy atom. The zero-order valence-electron chi connectivity index (χ0n) is 22.7. The van der Waals surface area contributed by atoms with Crippen LogP contribution in [-0.2, 0) is 18.1 Å². The van der Waals surface area contributed by atoms with E-state index in [-0.39, 0.29) is 53.5 Å². The molecule has 1 atom stereocenters. The minimum Gasteiger partial charge on any atom is -0.434 e. The van der Waals surface area contributed by atoms with Gasteiger partial charge in [0, 0.05) is 18.7 Å². The average molecular weight is 644 g/mol. The van der Waals surface area contributed by atoms with Gasteiger partial charge < -0.3 is 20.3 Å². The number of ether oxygens (including phenoxy) is 1. The van der Waals surface area contributed by atoms with E-state index in [1.807, 2.05) is 0 Å². The minimum atomic E-state index is -4.68. The molecule has 0 aliphatic heterocycles. The van der Waals surface area contributed by atoms with Crippen molar-refractivity contribution in [1.29, 1.82) is 0 Å². The van der Waals surface area contributed by atoms with E-state index < -0.39 is 53.1 Å². The highest BCUT2D eigenvalue weighted by molar-refractivity contribution is 7.51. The molecule has 0 bridgehead atoms. The van der Waals surface area contributed by atoms with E-state index in [4.69, 9.17) is 20.0 Å². The highest BCUT2D eigenvalue weighted by Crippen LogP contribution is 2.64. The summed E-state index contributed by atoms with van der Waals surface area (Å²) in [5.41, 5.74) is -3.84. The lowest BCUT2D eigenvalue weighted by atomic mass is 9.79. The zero-order valence-corrected chi connectivity index (χ0v) is 24.3. The second kappa shape index (κ2) is 13.3. The molecular formula is C26H31ClF5N3O6S. The first-order valence-electron chi connectivity index (χ1n) is 13.2. The Kier molecular flexibility index (Phi) is 10.8. The Balaban J connectivity index is 0.00000155. The number of alkyl halides is 5. The Hall–Kier alpha value is -2.62. The number of aryl methyl sites for hydroxylation is 1. The lowest BCUT2D eigenvalue weighted by molar-refractivity contribution is -0.215. The molecule has 1 aromatic heterocycles. The van der Waals surface area contributed by atoms with Gasteiger partial charge in [-0.2, -0.15) is 35.5 Å². The lowest BCUT2D eigenvalue weighted by Gasteiger charge is -2.34. The third-order valence-corrected chi connectivity index (χ3v) is 8.22. The third-order valence-electron chi connectivity index (χ3n) is 7.86. The van der Waals surface area contributed by atoms with E-state index in [2.05, 4.69) is 22.1 Å². The van der Waals surface area contributed by atoms with E-state index in [1.165, 1.54) is 16.8 Å². The van der Waals surface area contributed by atoms with Crippen molar-refractivity contribution in [2.24, 2.45) is 11.3 Å². The molecule has 42 heavy (non-hydrogen) atoms. The molecule has 9 nitrogen and oxygen atoms in total. The van der Waals surface area contributed by atoms with Crippen molar-refractivity contribution in [3.05, 3.63) is 34.5 Å². The van der Waals surface area contributed by atoms with Gasteiger partial charge in [0.25, 0.3) is 5.91 Å². The van der Waals surface area contributed by atoms with E-state index >= 15 is 0 Å². The van der Waals surface area contributed by atoms with Crippen LogP contribution in [0.3, 0.4) is 0 Å². The number of hydrogen-bond donors (Lipinski definition) is 3. The third kappa shape index (κ3) is 7.29. The molecule has 234 valence electrons. The normalized spacial score (nSPS) is 22.1. The highest BCUT2D eigenvalue weighted by atomic mass is 35.5. The molecule has 3 N–H and O–H groups in total. The monoisotopic (exact) mass is 643 g/mol. The van der Waals surface area contributed by atoms with Crippen LogP contribution in [0.2, 0.25) is 5.02 Å². The minimum absolute atomic E-state index is 0.0174. The second-order valence-corrected chi connectivity index (χ2v) is 11.2. The van der Waals surface area contributed by atoms with Gasteiger partial charge >= 0.3 is 24.4 Å². The first-order chi connectivity index (χ1) is 19.6. The molecule has 1 heterocycles. The van der Waals surface area contributed by atoms with Crippen molar-refractivity contribution in [1.82, 2.24) is 15.1 Å². The summed E-state index contributed by atoms with van der Waals surface area (Å²) in [6.07, 6.45) is -4.53. The van der Waals surface area contributed by atoms with Crippen LogP contribution in [0.5, 0.6) is 5.75 Å². The first-order valence-corrected chi connectivity index (χ1v) is 14.2. The first kappa shape index (κ1) is 33.9. The number of aromatic nitrogens is 2. The summed E-state index contributed by atoms with van der Waals surface area (Å²) >= 11 is 5.77. The van der Waals surface area contributed by atoms with Gasteiger partial charge in [-0.15, -0.1) is 0 Å². The molecule has 2 saturated carbocycles. The highest BCUT2D eigenvalue weighted by Gasteiger charge is 2.67. The number of benzene rings is 1. The van der Waals surface area contributed by atoms with Gasteiger partial charge in [0.1, 0.15) is 5.75 Å². The van der Waals surface area contributed by atoms with Gasteiger partial charge in [-0.05, 0) is 69.1 Å². The number of aliphatic hydroxyl groups is 2. The van der Waals surface area contributed by atoms with Crippen LogP contribution >= 0.6 is 11.6 Å². The summed E-state index contributed by atoms with van der Waals surface area (Å²) in [5.74, 6) is -0.711. The Morgan fingerprint density at radius 3 is 2.33 bits per heavy atom. The number of carbonyl (C=O) groups is 1. The molecule has 0 spiro atoms. The Labute approximate surface area is 247 Å². The van der Waals surface area contributed by atoms with E-state index in [0.29, 0.717) is 18.8 Å². The Morgan fingerprint density at radius 1 is 1.24 bits per heavy atom.